The van der Waals surface area contributed by atoms with Gasteiger partial charge in [0.15, 0.2) is 11.5 Å². The SMILES string of the molecule is CCN(CC)CCN1C(=O)C(=O)C(=C(O)c2ccc(OCc3ccccc3)c(C)c2)[C@H]1c1cc(OC)c(OC)c(OC)c1. The van der Waals surface area contributed by atoms with E-state index in [1.165, 1.54) is 26.2 Å². The molecule has 4 rings (SSSR count). The number of hydrogen-bond donors (Lipinski definition) is 1. The average molecular weight is 589 g/mol. The number of likely N-dealkylation sites (N-methyl/N-ethyl adjacent to an activating group) is 1. The van der Waals surface area contributed by atoms with Gasteiger partial charge in [0.05, 0.1) is 32.9 Å². The predicted octanol–water partition coefficient (Wildman–Crippen LogP) is 5.36. The highest BCUT2D eigenvalue weighted by Gasteiger charge is 2.46. The first-order chi connectivity index (χ1) is 20.8. The molecule has 0 radical (unpaired) electrons. The minimum atomic E-state index is -0.876. The van der Waals surface area contributed by atoms with E-state index in [4.69, 9.17) is 18.9 Å². The summed E-state index contributed by atoms with van der Waals surface area (Å²) >= 11 is 0. The van der Waals surface area contributed by atoms with E-state index in [0.717, 1.165) is 24.2 Å². The van der Waals surface area contributed by atoms with E-state index in [-0.39, 0.29) is 17.9 Å². The van der Waals surface area contributed by atoms with Crippen LogP contribution in [0.3, 0.4) is 0 Å². The van der Waals surface area contributed by atoms with E-state index in [1.54, 1.807) is 30.3 Å². The van der Waals surface area contributed by atoms with Gasteiger partial charge in [0, 0.05) is 18.7 Å². The number of aliphatic hydroxyl groups is 1. The standard InChI is InChI=1S/C34H40N2O7/c1-7-35(8-2)16-17-36-30(25-19-27(40-4)33(42-6)28(20-25)41-5)29(32(38)34(36)39)31(37)24-14-15-26(22(3)18-24)43-21-23-12-10-9-11-13-23/h9-15,18-20,30,37H,7-8,16-17,21H2,1-6H3/t30-/m1/s1. The molecule has 1 aliphatic rings. The van der Waals surface area contributed by atoms with Crippen molar-refractivity contribution < 1.29 is 33.6 Å². The molecule has 1 atom stereocenters. The Morgan fingerprint density at radius 1 is 0.884 bits per heavy atom. The number of ether oxygens (including phenoxy) is 4. The zero-order valence-electron chi connectivity index (χ0n) is 25.7. The molecule has 0 bridgehead atoms. The van der Waals surface area contributed by atoms with Crippen molar-refractivity contribution >= 4 is 17.4 Å². The normalized spacial score (nSPS) is 16.1. The molecule has 3 aromatic carbocycles. The van der Waals surface area contributed by atoms with Gasteiger partial charge in [-0.15, -0.1) is 0 Å². The Morgan fingerprint density at radius 3 is 2.09 bits per heavy atom. The van der Waals surface area contributed by atoms with Crippen molar-refractivity contribution in [3.63, 3.8) is 0 Å². The minimum Gasteiger partial charge on any atom is -0.507 e. The number of carbonyl (C=O) groups excluding carboxylic acids is 2. The van der Waals surface area contributed by atoms with Crippen molar-refractivity contribution in [3.8, 4) is 23.0 Å². The number of likely N-dealkylation sites (tertiary alicyclic amines) is 1. The number of carbonyl (C=O) groups is 2. The van der Waals surface area contributed by atoms with Crippen LogP contribution in [0.25, 0.3) is 5.76 Å². The highest BCUT2D eigenvalue weighted by molar-refractivity contribution is 6.46. The number of hydrogen-bond acceptors (Lipinski definition) is 8. The van der Waals surface area contributed by atoms with Crippen molar-refractivity contribution in [1.29, 1.82) is 0 Å². The molecule has 1 saturated heterocycles. The van der Waals surface area contributed by atoms with Crippen molar-refractivity contribution in [3.05, 3.63) is 88.5 Å². The second-order valence-electron chi connectivity index (χ2n) is 10.2. The Bertz CT molecular complexity index is 1460. The van der Waals surface area contributed by atoms with Gasteiger partial charge >= 0.3 is 0 Å². The Morgan fingerprint density at radius 2 is 1.53 bits per heavy atom. The van der Waals surface area contributed by atoms with Crippen LogP contribution in [0.1, 0.15) is 42.1 Å². The van der Waals surface area contributed by atoms with Crippen LogP contribution in [0.2, 0.25) is 0 Å². The Balaban J connectivity index is 1.79. The van der Waals surface area contributed by atoms with E-state index in [1.807, 2.05) is 51.1 Å². The zero-order valence-corrected chi connectivity index (χ0v) is 25.7. The van der Waals surface area contributed by atoms with Gasteiger partial charge in [0.25, 0.3) is 11.7 Å². The lowest BCUT2D eigenvalue weighted by atomic mass is 9.94. The maximum atomic E-state index is 13.6. The van der Waals surface area contributed by atoms with Crippen LogP contribution >= 0.6 is 0 Å². The van der Waals surface area contributed by atoms with Crippen LogP contribution in [-0.2, 0) is 16.2 Å². The minimum absolute atomic E-state index is 0.00354. The Hall–Kier alpha value is -4.50. The van der Waals surface area contributed by atoms with Gasteiger partial charge < -0.3 is 33.9 Å². The summed E-state index contributed by atoms with van der Waals surface area (Å²) in [5.41, 5.74) is 2.76. The molecule has 0 spiro atoms. The maximum absolute atomic E-state index is 13.6. The summed E-state index contributed by atoms with van der Waals surface area (Å²) in [6, 6.07) is 17.6. The molecule has 1 aliphatic heterocycles. The molecule has 9 heteroatoms. The third-order valence-corrected chi connectivity index (χ3v) is 7.78. The Labute approximate surface area is 253 Å². The van der Waals surface area contributed by atoms with E-state index in [0.29, 0.717) is 47.3 Å². The number of aliphatic hydroxyl groups excluding tert-OH is 1. The van der Waals surface area contributed by atoms with Gasteiger partial charge in [0.1, 0.15) is 18.1 Å². The van der Waals surface area contributed by atoms with Crippen molar-refractivity contribution in [1.82, 2.24) is 9.80 Å². The van der Waals surface area contributed by atoms with Gasteiger partial charge in [-0.25, -0.2) is 0 Å². The molecule has 1 heterocycles. The fraction of sp³-hybridized carbons (Fsp3) is 0.353. The quantitative estimate of drug-likeness (QED) is 0.162. The molecule has 0 aromatic heterocycles. The molecule has 0 aliphatic carbocycles. The number of aryl methyl sites for hydroxylation is 1. The van der Waals surface area contributed by atoms with Gasteiger partial charge in [-0.05, 0) is 67.0 Å². The van der Waals surface area contributed by atoms with Crippen molar-refractivity contribution in [2.24, 2.45) is 0 Å². The Kier molecular flexibility index (Phi) is 10.3. The van der Waals surface area contributed by atoms with Gasteiger partial charge in [-0.3, -0.25) is 9.59 Å². The smallest absolute Gasteiger partial charge is 0.295 e. The summed E-state index contributed by atoms with van der Waals surface area (Å²) in [7, 11) is 4.51. The number of nitrogens with zero attached hydrogens (tertiary/aromatic N) is 2. The molecular weight excluding hydrogens is 548 g/mol. The molecule has 0 unspecified atom stereocenters. The largest absolute Gasteiger partial charge is 0.507 e. The summed E-state index contributed by atoms with van der Waals surface area (Å²) in [4.78, 5) is 30.8. The highest BCUT2D eigenvalue weighted by Crippen LogP contribution is 2.45. The second-order valence-corrected chi connectivity index (χ2v) is 10.2. The highest BCUT2D eigenvalue weighted by atomic mass is 16.5. The monoisotopic (exact) mass is 588 g/mol. The van der Waals surface area contributed by atoms with Crippen LogP contribution < -0.4 is 18.9 Å². The number of methoxy groups -OCH3 is 3. The van der Waals surface area contributed by atoms with Gasteiger partial charge in [0.2, 0.25) is 5.75 Å². The number of rotatable bonds is 13. The van der Waals surface area contributed by atoms with Crippen molar-refractivity contribution in [2.45, 2.75) is 33.4 Å². The molecule has 1 N–H and O–H groups in total. The molecule has 9 nitrogen and oxygen atoms in total. The number of amides is 1. The third kappa shape index (κ3) is 6.62. The lowest BCUT2D eigenvalue weighted by Crippen LogP contribution is -2.38. The van der Waals surface area contributed by atoms with E-state index in [9.17, 15) is 14.7 Å². The molecule has 3 aromatic rings. The van der Waals surface area contributed by atoms with E-state index < -0.39 is 17.7 Å². The molecule has 1 fully saturated rings. The van der Waals surface area contributed by atoms with Crippen LogP contribution in [-0.4, -0.2) is 74.1 Å². The summed E-state index contributed by atoms with van der Waals surface area (Å²) in [6.07, 6.45) is 0. The van der Waals surface area contributed by atoms with Crippen molar-refractivity contribution in [2.75, 3.05) is 47.5 Å². The van der Waals surface area contributed by atoms with Crippen LogP contribution in [0, 0.1) is 6.92 Å². The van der Waals surface area contributed by atoms with E-state index >= 15 is 0 Å². The summed E-state index contributed by atoms with van der Waals surface area (Å²) in [5, 5.41) is 11.6. The first-order valence-corrected chi connectivity index (χ1v) is 14.4. The summed E-state index contributed by atoms with van der Waals surface area (Å²) in [5.74, 6) is 0.102. The molecular formula is C34H40N2O7. The number of benzene rings is 3. The zero-order chi connectivity index (χ0) is 31.1. The molecule has 1 amide bonds. The first-order valence-electron chi connectivity index (χ1n) is 14.4. The van der Waals surface area contributed by atoms with Gasteiger partial charge in [-0.2, -0.15) is 0 Å². The topological polar surface area (TPSA) is 97.8 Å². The number of ketones is 1. The fourth-order valence-corrected chi connectivity index (χ4v) is 5.35. The number of Topliss-reactive ketones (excluding diaryl/α,β-unsaturated/α-hetero) is 1. The fourth-order valence-electron chi connectivity index (χ4n) is 5.35. The lowest BCUT2D eigenvalue weighted by Gasteiger charge is -2.29. The second kappa shape index (κ2) is 14.1. The van der Waals surface area contributed by atoms with Crippen LogP contribution in [0.15, 0.2) is 66.2 Å². The van der Waals surface area contributed by atoms with Gasteiger partial charge in [-0.1, -0.05) is 44.2 Å². The summed E-state index contributed by atoms with van der Waals surface area (Å²) < 4.78 is 22.6. The average Bonchev–Trinajstić information content (AvgIpc) is 3.29. The van der Waals surface area contributed by atoms with Crippen LogP contribution in [0.5, 0.6) is 23.0 Å². The van der Waals surface area contributed by atoms with Crippen LogP contribution in [0.4, 0.5) is 0 Å². The lowest BCUT2D eigenvalue weighted by molar-refractivity contribution is -0.140. The predicted molar refractivity (Wildman–Crippen MR) is 165 cm³/mol. The molecule has 43 heavy (non-hydrogen) atoms. The molecule has 0 saturated carbocycles. The summed E-state index contributed by atoms with van der Waals surface area (Å²) in [6.45, 7) is 8.81. The van der Waals surface area contributed by atoms with E-state index in [2.05, 4.69) is 4.90 Å². The molecule has 228 valence electrons. The first kappa shape index (κ1) is 31.4. The maximum Gasteiger partial charge on any atom is 0.295 e. The third-order valence-electron chi connectivity index (χ3n) is 7.78.